The van der Waals surface area contributed by atoms with Crippen molar-refractivity contribution in [1.29, 1.82) is 0 Å². The Labute approximate surface area is 163 Å². The number of anilines is 2. The average Bonchev–Trinajstić information content (AvgIpc) is 2.63. The molecule has 28 heavy (non-hydrogen) atoms. The van der Waals surface area contributed by atoms with Gasteiger partial charge in [-0.25, -0.2) is 19.7 Å². The molecule has 0 aliphatic carbocycles. The topological polar surface area (TPSA) is 89.5 Å². The number of nitrogens with one attached hydrogen (secondary N) is 1. The monoisotopic (exact) mass is 389 g/mol. The molecule has 1 unspecified atom stereocenters. The Kier molecular flexibility index (Phi) is 5.91. The quantitative estimate of drug-likeness (QED) is 0.794. The number of pyridine rings is 1. The number of ether oxygens (including phenoxy) is 2. The summed E-state index contributed by atoms with van der Waals surface area (Å²) in [5.74, 6) is 0.00532. The summed E-state index contributed by atoms with van der Waals surface area (Å²) in [6.45, 7) is 6.02. The number of hydrogen-bond acceptors (Lipinski definition) is 7. The minimum Gasteiger partial charge on any atom is -0.453 e. The van der Waals surface area contributed by atoms with Crippen molar-refractivity contribution in [2.45, 2.75) is 51.9 Å². The summed E-state index contributed by atoms with van der Waals surface area (Å²) in [5, 5.41) is 2.84. The van der Waals surface area contributed by atoms with Gasteiger partial charge in [0.2, 0.25) is 11.8 Å². The number of amides is 1. The van der Waals surface area contributed by atoms with Gasteiger partial charge in [0.25, 0.3) is 0 Å². The van der Waals surface area contributed by atoms with Crippen LogP contribution in [0.2, 0.25) is 0 Å². The second-order valence-electron chi connectivity index (χ2n) is 7.45. The van der Waals surface area contributed by atoms with Crippen LogP contribution < -0.4 is 10.1 Å². The molecule has 1 fully saturated rings. The molecule has 0 aromatic carbocycles. The van der Waals surface area contributed by atoms with Crippen molar-refractivity contribution in [1.82, 2.24) is 19.9 Å². The lowest BCUT2D eigenvalue weighted by Gasteiger charge is -2.36. The van der Waals surface area contributed by atoms with Crippen LogP contribution in [-0.2, 0) is 4.74 Å². The normalized spacial score (nSPS) is 17.1. The Hall–Kier alpha value is -2.97. The highest BCUT2D eigenvalue weighted by Crippen LogP contribution is 2.24. The van der Waals surface area contributed by atoms with E-state index in [0.29, 0.717) is 18.8 Å². The first-order chi connectivity index (χ1) is 13.3. The molecule has 2 aromatic heterocycles. The lowest BCUT2D eigenvalue weighted by Crippen LogP contribution is -2.48. The molecule has 0 spiro atoms. The highest BCUT2D eigenvalue weighted by Gasteiger charge is 2.32. The number of aromatic nitrogens is 3. The van der Waals surface area contributed by atoms with Gasteiger partial charge in [0.15, 0.2) is 6.23 Å². The lowest BCUT2D eigenvalue weighted by atomic mass is 10.1. The zero-order chi connectivity index (χ0) is 20.1. The summed E-state index contributed by atoms with van der Waals surface area (Å²) >= 11 is 0. The van der Waals surface area contributed by atoms with Crippen molar-refractivity contribution >= 4 is 17.6 Å². The maximum absolute atomic E-state index is 13.7. The van der Waals surface area contributed by atoms with Crippen molar-refractivity contribution in [3.63, 3.8) is 0 Å². The molecule has 1 N–H and O–H groups in total. The number of hydrogen-bond donors (Lipinski definition) is 1. The summed E-state index contributed by atoms with van der Waals surface area (Å²) in [5.41, 5.74) is -0.390. The first kappa shape index (κ1) is 19.8. The minimum absolute atomic E-state index is 0.195. The van der Waals surface area contributed by atoms with Crippen molar-refractivity contribution in [2.24, 2.45) is 0 Å². The molecule has 9 heteroatoms. The third-order valence-electron chi connectivity index (χ3n) is 4.00. The van der Waals surface area contributed by atoms with Crippen LogP contribution in [0.4, 0.5) is 20.7 Å². The van der Waals surface area contributed by atoms with E-state index in [1.807, 2.05) is 20.8 Å². The molecule has 0 radical (unpaired) electrons. The molecule has 1 aliphatic rings. The van der Waals surface area contributed by atoms with Crippen LogP contribution in [-0.4, -0.2) is 44.3 Å². The maximum atomic E-state index is 13.7. The van der Waals surface area contributed by atoms with Crippen LogP contribution >= 0.6 is 0 Å². The molecule has 1 atom stereocenters. The first-order valence-corrected chi connectivity index (χ1v) is 9.18. The average molecular weight is 389 g/mol. The van der Waals surface area contributed by atoms with Gasteiger partial charge in [-0.2, -0.15) is 4.39 Å². The van der Waals surface area contributed by atoms with Crippen LogP contribution in [0.5, 0.6) is 5.88 Å². The molecular weight excluding hydrogens is 365 g/mol. The molecule has 150 valence electrons. The molecule has 0 bridgehead atoms. The number of halogens is 1. The zero-order valence-corrected chi connectivity index (χ0v) is 16.2. The number of piperidine rings is 1. The van der Waals surface area contributed by atoms with Crippen molar-refractivity contribution < 1.29 is 18.7 Å². The summed E-state index contributed by atoms with van der Waals surface area (Å²) < 4.78 is 25.1. The van der Waals surface area contributed by atoms with E-state index in [2.05, 4.69) is 20.3 Å². The number of rotatable bonds is 4. The number of carbonyl (C=O) groups excluding carboxylic acids is 1. The van der Waals surface area contributed by atoms with E-state index in [-0.39, 0.29) is 11.6 Å². The van der Waals surface area contributed by atoms with E-state index in [1.165, 1.54) is 12.5 Å². The lowest BCUT2D eigenvalue weighted by molar-refractivity contribution is -0.0356. The second kappa shape index (κ2) is 8.37. The summed E-state index contributed by atoms with van der Waals surface area (Å²) in [6.07, 6.45) is 4.26. The van der Waals surface area contributed by atoms with E-state index in [1.54, 1.807) is 23.1 Å². The number of carbonyl (C=O) groups is 1. The summed E-state index contributed by atoms with van der Waals surface area (Å²) in [6, 6.07) is 4.72. The van der Waals surface area contributed by atoms with Gasteiger partial charge in [0, 0.05) is 25.2 Å². The Morgan fingerprint density at radius 2 is 2.11 bits per heavy atom. The van der Waals surface area contributed by atoms with Crippen LogP contribution in [0.25, 0.3) is 0 Å². The molecular formula is C19H24FN5O3. The van der Waals surface area contributed by atoms with Gasteiger partial charge in [0.1, 0.15) is 17.7 Å². The van der Waals surface area contributed by atoms with Crippen molar-refractivity contribution in [3.8, 4) is 5.88 Å². The number of likely N-dealkylation sites (tertiary alicyclic amines) is 1. The van der Waals surface area contributed by atoms with E-state index < -0.39 is 23.9 Å². The van der Waals surface area contributed by atoms with Crippen LogP contribution in [0.15, 0.2) is 30.7 Å². The SMILES string of the molecule is CC(C)(C)OC(=O)N1CCCCC1Oc1cc(Nc2cccnc2F)ncn1. The summed E-state index contributed by atoms with van der Waals surface area (Å²) in [4.78, 5) is 25.8. The Morgan fingerprint density at radius 1 is 1.29 bits per heavy atom. The van der Waals surface area contributed by atoms with Gasteiger partial charge in [-0.15, -0.1) is 0 Å². The smallest absolute Gasteiger partial charge is 0.413 e. The molecule has 1 saturated heterocycles. The van der Waals surface area contributed by atoms with Gasteiger partial charge in [-0.1, -0.05) is 0 Å². The fraction of sp³-hybridized carbons (Fsp3) is 0.474. The Bertz CT molecular complexity index is 827. The molecule has 3 rings (SSSR count). The molecule has 8 nitrogen and oxygen atoms in total. The fourth-order valence-electron chi connectivity index (χ4n) is 2.78. The van der Waals surface area contributed by atoms with Crippen LogP contribution in [0, 0.1) is 5.95 Å². The highest BCUT2D eigenvalue weighted by atomic mass is 19.1. The van der Waals surface area contributed by atoms with Gasteiger partial charge in [0.05, 0.1) is 5.69 Å². The second-order valence-corrected chi connectivity index (χ2v) is 7.45. The molecule has 1 amide bonds. The third kappa shape index (κ3) is 5.28. The number of nitrogens with zero attached hydrogens (tertiary/aromatic N) is 4. The van der Waals surface area contributed by atoms with Crippen LogP contribution in [0.1, 0.15) is 40.0 Å². The van der Waals surface area contributed by atoms with Gasteiger partial charge in [-0.05, 0) is 45.7 Å². The molecule has 2 aromatic rings. The third-order valence-corrected chi connectivity index (χ3v) is 4.00. The van der Waals surface area contributed by atoms with E-state index in [4.69, 9.17) is 9.47 Å². The predicted molar refractivity (Wildman–Crippen MR) is 101 cm³/mol. The summed E-state index contributed by atoms with van der Waals surface area (Å²) in [7, 11) is 0. The van der Waals surface area contributed by atoms with Crippen LogP contribution in [0.3, 0.4) is 0 Å². The standard InChI is InChI=1S/C19H24FN5O3/c1-19(2,3)28-18(26)25-10-5-4-8-16(25)27-15-11-14(22-12-23-15)24-13-7-6-9-21-17(13)20/h6-7,9,11-12,16H,4-5,8,10H2,1-3H3,(H,22,23,24). The molecule has 1 aliphatic heterocycles. The first-order valence-electron chi connectivity index (χ1n) is 9.18. The largest absolute Gasteiger partial charge is 0.453 e. The van der Waals surface area contributed by atoms with Crippen molar-refractivity contribution in [3.05, 3.63) is 36.7 Å². The van der Waals surface area contributed by atoms with Gasteiger partial charge < -0.3 is 14.8 Å². The maximum Gasteiger partial charge on any atom is 0.413 e. The minimum atomic E-state index is -0.632. The van der Waals surface area contributed by atoms with Gasteiger partial charge in [-0.3, -0.25) is 4.90 Å². The highest BCUT2D eigenvalue weighted by molar-refractivity contribution is 5.68. The van der Waals surface area contributed by atoms with E-state index in [9.17, 15) is 9.18 Å². The van der Waals surface area contributed by atoms with Crippen molar-refractivity contribution in [2.75, 3.05) is 11.9 Å². The zero-order valence-electron chi connectivity index (χ0n) is 16.2. The Balaban J connectivity index is 1.71. The molecule has 0 saturated carbocycles. The predicted octanol–water partition coefficient (Wildman–Crippen LogP) is 3.88. The van der Waals surface area contributed by atoms with E-state index >= 15 is 0 Å². The van der Waals surface area contributed by atoms with Gasteiger partial charge >= 0.3 is 6.09 Å². The molecule has 3 heterocycles. The van der Waals surface area contributed by atoms with E-state index in [0.717, 1.165) is 12.8 Å². The fourth-order valence-corrected chi connectivity index (χ4v) is 2.78. The Morgan fingerprint density at radius 3 is 2.86 bits per heavy atom.